The second-order valence-electron chi connectivity index (χ2n) is 5.29. The summed E-state index contributed by atoms with van der Waals surface area (Å²) in [4.78, 5) is 23.4. The lowest BCUT2D eigenvalue weighted by atomic mass is 10.1. The summed E-state index contributed by atoms with van der Waals surface area (Å²) in [5, 5.41) is 5.34. The summed E-state index contributed by atoms with van der Waals surface area (Å²) in [6, 6.07) is 9.31. The van der Waals surface area contributed by atoms with Crippen LogP contribution < -0.4 is 20.1 Å². The number of rotatable bonds is 4. The lowest BCUT2D eigenvalue weighted by Crippen LogP contribution is -2.27. The Morgan fingerprint density at radius 1 is 1.38 bits per heavy atom. The first kappa shape index (κ1) is 15.8. The van der Waals surface area contributed by atoms with E-state index in [2.05, 4.69) is 10.6 Å². The number of carbonyl (C=O) groups excluding carboxylic acids is 2. The van der Waals surface area contributed by atoms with Crippen molar-refractivity contribution in [2.75, 3.05) is 23.8 Å². The van der Waals surface area contributed by atoms with Crippen molar-refractivity contribution in [2.45, 2.75) is 6.92 Å². The van der Waals surface area contributed by atoms with Gasteiger partial charge in [0.2, 0.25) is 0 Å². The van der Waals surface area contributed by atoms with Gasteiger partial charge in [-0.15, -0.1) is 0 Å². The van der Waals surface area contributed by atoms with Crippen LogP contribution in [0.3, 0.4) is 0 Å². The Labute approximate surface area is 137 Å². The minimum absolute atomic E-state index is 0.00225. The van der Waals surface area contributed by atoms with Gasteiger partial charge in [-0.25, -0.2) is 4.39 Å². The SMILES string of the molecule is Cc1cc(NC(=O)COc2ccccc2F)c2c(c1)NC(=O)CO2. The molecule has 0 saturated heterocycles. The van der Waals surface area contributed by atoms with Crippen LogP contribution in [0.5, 0.6) is 11.5 Å². The molecular weight excluding hydrogens is 315 g/mol. The normalized spacial score (nSPS) is 12.7. The highest BCUT2D eigenvalue weighted by Gasteiger charge is 2.21. The Bertz CT molecular complexity index is 807. The minimum Gasteiger partial charge on any atom is -0.481 e. The number of nitrogens with one attached hydrogen (secondary N) is 2. The Hall–Kier alpha value is -3.09. The van der Waals surface area contributed by atoms with E-state index in [1.54, 1.807) is 18.2 Å². The van der Waals surface area contributed by atoms with Crippen LogP contribution in [-0.4, -0.2) is 25.0 Å². The molecule has 0 atom stereocenters. The fourth-order valence-corrected chi connectivity index (χ4v) is 2.33. The molecule has 1 heterocycles. The first-order valence-corrected chi connectivity index (χ1v) is 7.27. The van der Waals surface area contributed by atoms with Crippen molar-refractivity contribution in [2.24, 2.45) is 0 Å². The van der Waals surface area contributed by atoms with Crippen LogP contribution in [0.4, 0.5) is 15.8 Å². The molecule has 1 aliphatic heterocycles. The molecule has 0 unspecified atom stereocenters. The van der Waals surface area contributed by atoms with Gasteiger partial charge in [0.15, 0.2) is 30.5 Å². The van der Waals surface area contributed by atoms with E-state index in [0.717, 1.165) is 5.56 Å². The highest BCUT2D eigenvalue weighted by Crippen LogP contribution is 2.36. The van der Waals surface area contributed by atoms with E-state index in [1.165, 1.54) is 18.2 Å². The van der Waals surface area contributed by atoms with Gasteiger partial charge in [-0.1, -0.05) is 12.1 Å². The Balaban J connectivity index is 1.71. The third-order valence-corrected chi connectivity index (χ3v) is 3.32. The first-order chi connectivity index (χ1) is 11.5. The second kappa shape index (κ2) is 6.57. The number of ether oxygens (including phenoxy) is 2. The number of carbonyl (C=O) groups is 2. The van der Waals surface area contributed by atoms with E-state index in [1.807, 2.05) is 6.92 Å². The van der Waals surface area contributed by atoms with Crippen molar-refractivity contribution in [1.29, 1.82) is 0 Å². The van der Waals surface area contributed by atoms with Gasteiger partial charge in [-0.3, -0.25) is 9.59 Å². The van der Waals surface area contributed by atoms with Crippen molar-refractivity contribution >= 4 is 23.2 Å². The number of anilines is 2. The first-order valence-electron chi connectivity index (χ1n) is 7.27. The van der Waals surface area contributed by atoms with Gasteiger partial charge in [0.05, 0.1) is 11.4 Å². The summed E-state index contributed by atoms with van der Waals surface area (Å²) in [6.07, 6.45) is 0. The van der Waals surface area contributed by atoms with Crippen LogP contribution in [-0.2, 0) is 9.59 Å². The average molecular weight is 330 g/mol. The Morgan fingerprint density at radius 3 is 2.96 bits per heavy atom. The third kappa shape index (κ3) is 3.45. The fraction of sp³-hybridized carbons (Fsp3) is 0.176. The number of fused-ring (bicyclic) bond motifs is 1. The number of aryl methyl sites for hydroxylation is 1. The van der Waals surface area contributed by atoms with E-state index in [0.29, 0.717) is 17.1 Å². The fourth-order valence-electron chi connectivity index (χ4n) is 2.33. The molecule has 24 heavy (non-hydrogen) atoms. The van der Waals surface area contributed by atoms with Crippen molar-refractivity contribution in [1.82, 2.24) is 0 Å². The maximum Gasteiger partial charge on any atom is 0.262 e. The summed E-state index contributed by atoms with van der Waals surface area (Å²) < 4.78 is 24.0. The summed E-state index contributed by atoms with van der Waals surface area (Å²) in [5.74, 6) is -0.869. The lowest BCUT2D eigenvalue weighted by molar-refractivity contribution is -0.118. The Kier molecular flexibility index (Phi) is 4.33. The topological polar surface area (TPSA) is 76.7 Å². The summed E-state index contributed by atoms with van der Waals surface area (Å²) in [5.41, 5.74) is 1.76. The van der Waals surface area contributed by atoms with Gasteiger partial charge < -0.3 is 20.1 Å². The van der Waals surface area contributed by atoms with Gasteiger partial charge in [0.25, 0.3) is 11.8 Å². The summed E-state index contributed by atoms with van der Waals surface area (Å²) in [6.45, 7) is 1.35. The summed E-state index contributed by atoms with van der Waals surface area (Å²) >= 11 is 0. The molecule has 0 aliphatic carbocycles. The predicted octanol–water partition coefficient (Wildman–Crippen LogP) is 2.48. The molecule has 1 aliphatic rings. The number of hydrogen-bond donors (Lipinski definition) is 2. The quantitative estimate of drug-likeness (QED) is 0.903. The molecule has 3 rings (SSSR count). The number of halogens is 1. The molecule has 124 valence electrons. The zero-order valence-corrected chi connectivity index (χ0v) is 12.9. The van der Waals surface area contributed by atoms with E-state index in [4.69, 9.17) is 9.47 Å². The molecule has 2 N–H and O–H groups in total. The highest BCUT2D eigenvalue weighted by molar-refractivity contribution is 6.00. The van der Waals surface area contributed by atoms with E-state index < -0.39 is 11.7 Å². The van der Waals surface area contributed by atoms with Crippen LogP contribution in [0.15, 0.2) is 36.4 Å². The Morgan fingerprint density at radius 2 is 2.17 bits per heavy atom. The molecule has 0 aromatic heterocycles. The highest BCUT2D eigenvalue weighted by atomic mass is 19.1. The van der Waals surface area contributed by atoms with Crippen LogP contribution >= 0.6 is 0 Å². The number of hydrogen-bond acceptors (Lipinski definition) is 4. The van der Waals surface area contributed by atoms with Gasteiger partial charge in [-0.05, 0) is 36.8 Å². The zero-order valence-electron chi connectivity index (χ0n) is 12.9. The van der Waals surface area contributed by atoms with Crippen molar-refractivity contribution in [3.8, 4) is 11.5 Å². The van der Waals surface area contributed by atoms with Gasteiger partial charge in [-0.2, -0.15) is 0 Å². The van der Waals surface area contributed by atoms with Crippen LogP contribution in [0.1, 0.15) is 5.56 Å². The number of benzene rings is 2. The molecule has 0 bridgehead atoms. The largest absolute Gasteiger partial charge is 0.481 e. The summed E-state index contributed by atoms with van der Waals surface area (Å²) in [7, 11) is 0. The molecule has 0 spiro atoms. The molecule has 2 amide bonds. The number of para-hydroxylation sites is 1. The van der Waals surface area contributed by atoms with Crippen LogP contribution in [0.2, 0.25) is 0 Å². The average Bonchev–Trinajstić information content (AvgIpc) is 2.53. The molecule has 0 radical (unpaired) electrons. The molecule has 0 fully saturated rings. The molecular formula is C17H15FN2O4. The smallest absolute Gasteiger partial charge is 0.262 e. The van der Waals surface area contributed by atoms with Gasteiger partial charge in [0.1, 0.15) is 0 Å². The lowest BCUT2D eigenvalue weighted by Gasteiger charge is -2.21. The molecule has 2 aromatic carbocycles. The van der Waals surface area contributed by atoms with Gasteiger partial charge >= 0.3 is 0 Å². The van der Waals surface area contributed by atoms with Gasteiger partial charge in [0, 0.05) is 0 Å². The maximum atomic E-state index is 13.5. The maximum absolute atomic E-state index is 13.5. The standard InChI is InChI=1S/C17H15FN2O4/c1-10-6-12(17-13(7-10)20-16(22)9-24-17)19-15(21)8-23-14-5-3-2-4-11(14)18/h2-7H,8-9H2,1H3,(H,19,21)(H,20,22). The molecule has 2 aromatic rings. The molecule has 7 heteroatoms. The third-order valence-electron chi connectivity index (χ3n) is 3.32. The van der Waals surface area contributed by atoms with E-state index in [9.17, 15) is 14.0 Å². The monoisotopic (exact) mass is 330 g/mol. The van der Waals surface area contributed by atoms with Crippen LogP contribution in [0.25, 0.3) is 0 Å². The van der Waals surface area contributed by atoms with E-state index in [-0.39, 0.29) is 24.9 Å². The van der Waals surface area contributed by atoms with Crippen LogP contribution in [0, 0.1) is 12.7 Å². The predicted molar refractivity (Wildman–Crippen MR) is 85.8 cm³/mol. The van der Waals surface area contributed by atoms with Crippen molar-refractivity contribution < 1.29 is 23.5 Å². The number of amides is 2. The minimum atomic E-state index is -0.538. The van der Waals surface area contributed by atoms with E-state index >= 15 is 0 Å². The van der Waals surface area contributed by atoms with Crippen molar-refractivity contribution in [3.63, 3.8) is 0 Å². The molecule has 0 saturated carbocycles. The molecule has 6 nitrogen and oxygen atoms in total. The van der Waals surface area contributed by atoms with Crippen molar-refractivity contribution in [3.05, 3.63) is 47.8 Å². The zero-order chi connectivity index (χ0) is 17.1. The second-order valence-corrected chi connectivity index (χ2v) is 5.29.